The summed E-state index contributed by atoms with van der Waals surface area (Å²) in [5, 5.41) is 6.19. The second-order valence-electron chi connectivity index (χ2n) is 5.09. The summed E-state index contributed by atoms with van der Waals surface area (Å²) in [7, 11) is 1.40. The number of hydrogen-bond acceptors (Lipinski definition) is 5. The first kappa shape index (κ1) is 15.5. The normalized spacial score (nSPS) is 10.7. The number of carbonyl (C=O) groups is 1. The number of ether oxygens (including phenoxy) is 1. The van der Waals surface area contributed by atoms with E-state index >= 15 is 0 Å². The molecule has 1 aromatic heterocycles. The molecule has 21 heavy (non-hydrogen) atoms. The van der Waals surface area contributed by atoms with E-state index in [4.69, 9.17) is 0 Å². The Hall–Kier alpha value is -1.88. The summed E-state index contributed by atoms with van der Waals surface area (Å²) in [6.07, 6.45) is 0.971. The predicted octanol–water partition coefficient (Wildman–Crippen LogP) is 4.12. The SMILES string of the molecule is COC(=O)CCc1csc(Nc2ccccc2C(C)C)n1. The number of para-hydroxylation sites is 1. The van der Waals surface area contributed by atoms with E-state index in [-0.39, 0.29) is 5.97 Å². The van der Waals surface area contributed by atoms with Crippen molar-refractivity contribution in [3.8, 4) is 0 Å². The number of thiazole rings is 1. The highest BCUT2D eigenvalue weighted by Crippen LogP contribution is 2.28. The van der Waals surface area contributed by atoms with Gasteiger partial charge in [-0.05, 0) is 17.5 Å². The maximum atomic E-state index is 11.1. The summed E-state index contributed by atoms with van der Waals surface area (Å²) in [5.74, 6) is 0.245. The van der Waals surface area contributed by atoms with Crippen LogP contribution in [0.25, 0.3) is 0 Å². The molecule has 1 aromatic carbocycles. The number of anilines is 2. The molecule has 0 radical (unpaired) electrons. The van der Waals surface area contributed by atoms with Crippen molar-refractivity contribution in [1.29, 1.82) is 0 Å². The first-order chi connectivity index (χ1) is 10.1. The molecule has 0 saturated carbocycles. The number of rotatable bonds is 6. The third-order valence-electron chi connectivity index (χ3n) is 3.19. The molecule has 0 unspecified atom stereocenters. The van der Waals surface area contributed by atoms with Crippen molar-refractivity contribution in [2.75, 3.05) is 12.4 Å². The molecule has 0 aliphatic rings. The average molecular weight is 304 g/mol. The Morgan fingerprint density at radius 2 is 2.14 bits per heavy atom. The minimum Gasteiger partial charge on any atom is -0.469 e. The van der Waals surface area contributed by atoms with Gasteiger partial charge in [-0.15, -0.1) is 11.3 Å². The van der Waals surface area contributed by atoms with E-state index in [2.05, 4.69) is 41.0 Å². The Labute approximate surface area is 129 Å². The smallest absolute Gasteiger partial charge is 0.305 e. The van der Waals surface area contributed by atoms with Crippen LogP contribution in [-0.4, -0.2) is 18.1 Å². The predicted molar refractivity (Wildman–Crippen MR) is 86.3 cm³/mol. The molecule has 4 nitrogen and oxygen atoms in total. The average Bonchev–Trinajstić information content (AvgIpc) is 2.92. The fraction of sp³-hybridized carbons (Fsp3) is 0.375. The Bertz CT molecular complexity index is 608. The molecule has 1 N–H and O–H groups in total. The van der Waals surface area contributed by atoms with Gasteiger partial charge in [0.2, 0.25) is 0 Å². The van der Waals surface area contributed by atoms with Crippen molar-refractivity contribution >= 4 is 28.1 Å². The lowest BCUT2D eigenvalue weighted by Gasteiger charge is -2.12. The van der Waals surface area contributed by atoms with E-state index < -0.39 is 0 Å². The number of esters is 1. The fourth-order valence-electron chi connectivity index (χ4n) is 2.04. The second-order valence-corrected chi connectivity index (χ2v) is 5.95. The number of nitrogens with zero attached hydrogens (tertiary/aromatic N) is 1. The van der Waals surface area contributed by atoms with Gasteiger partial charge in [0.25, 0.3) is 0 Å². The van der Waals surface area contributed by atoms with Gasteiger partial charge in [0.05, 0.1) is 19.2 Å². The molecule has 5 heteroatoms. The number of aryl methyl sites for hydroxylation is 1. The van der Waals surface area contributed by atoms with Crippen LogP contribution in [0.15, 0.2) is 29.6 Å². The molecule has 0 bridgehead atoms. The Morgan fingerprint density at radius 1 is 1.38 bits per heavy atom. The van der Waals surface area contributed by atoms with Crippen molar-refractivity contribution in [3.63, 3.8) is 0 Å². The highest BCUT2D eigenvalue weighted by molar-refractivity contribution is 7.13. The third kappa shape index (κ3) is 4.29. The van der Waals surface area contributed by atoms with Gasteiger partial charge in [-0.1, -0.05) is 32.0 Å². The van der Waals surface area contributed by atoms with Crippen LogP contribution >= 0.6 is 11.3 Å². The lowest BCUT2D eigenvalue weighted by atomic mass is 10.0. The number of carbonyl (C=O) groups excluding carboxylic acids is 1. The van der Waals surface area contributed by atoms with Gasteiger partial charge in [0.15, 0.2) is 5.13 Å². The quantitative estimate of drug-likeness (QED) is 0.816. The first-order valence-corrected chi connectivity index (χ1v) is 7.85. The molecule has 0 saturated heterocycles. The van der Waals surface area contributed by atoms with Gasteiger partial charge in [-0.3, -0.25) is 4.79 Å². The number of hydrogen-bond donors (Lipinski definition) is 1. The van der Waals surface area contributed by atoms with Gasteiger partial charge >= 0.3 is 5.97 Å². The lowest BCUT2D eigenvalue weighted by molar-refractivity contribution is -0.140. The largest absolute Gasteiger partial charge is 0.469 e. The standard InChI is InChI=1S/C16H20N2O2S/c1-11(2)13-6-4-5-7-14(13)18-16-17-12(10-21-16)8-9-15(19)20-3/h4-7,10-11H,8-9H2,1-3H3,(H,17,18). The van der Waals surface area contributed by atoms with Crippen LogP contribution in [0.3, 0.4) is 0 Å². The summed E-state index contributed by atoms with van der Waals surface area (Å²) < 4.78 is 4.64. The Kier molecular flexibility index (Phi) is 5.33. The molecule has 0 aliphatic carbocycles. The summed E-state index contributed by atoms with van der Waals surface area (Å²) in [6, 6.07) is 8.24. The molecule has 0 spiro atoms. The monoisotopic (exact) mass is 304 g/mol. The van der Waals surface area contributed by atoms with Crippen LogP contribution in [0, 0.1) is 0 Å². The second kappa shape index (κ2) is 7.22. The number of methoxy groups -OCH3 is 1. The van der Waals surface area contributed by atoms with Crippen LogP contribution in [0.4, 0.5) is 10.8 Å². The first-order valence-electron chi connectivity index (χ1n) is 6.97. The summed E-state index contributed by atoms with van der Waals surface area (Å²) in [5.41, 5.74) is 3.26. The zero-order valence-electron chi connectivity index (χ0n) is 12.6. The minimum absolute atomic E-state index is 0.206. The summed E-state index contributed by atoms with van der Waals surface area (Å²) >= 11 is 1.55. The molecule has 112 valence electrons. The highest BCUT2D eigenvalue weighted by atomic mass is 32.1. The molecule has 2 rings (SSSR count). The van der Waals surface area contributed by atoms with Crippen LogP contribution in [0.1, 0.15) is 37.4 Å². The number of aromatic nitrogens is 1. The molecule has 0 fully saturated rings. The topological polar surface area (TPSA) is 51.2 Å². The molecule has 0 atom stereocenters. The van der Waals surface area contributed by atoms with E-state index in [1.807, 2.05) is 17.5 Å². The van der Waals surface area contributed by atoms with Gasteiger partial charge in [0.1, 0.15) is 0 Å². The molecule has 2 aromatic rings. The van der Waals surface area contributed by atoms with Crippen molar-refractivity contribution < 1.29 is 9.53 Å². The summed E-state index contributed by atoms with van der Waals surface area (Å²) in [4.78, 5) is 15.7. The maximum Gasteiger partial charge on any atom is 0.305 e. The highest BCUT2D eigenvalue weighted by Gasteiger charge is 2.09. The van der Waals surface area contributed by atoms with Crippen molar-refractivity contribution in [2.45, 2.75) is 32.6 Å². The zero-order chi connectivity index (χ0) is 15.2. The van der Waals surface area contributed by atoms with Gasteiger partial charge < -0.3 is 10.1 Å². The van der Waals surface area contributed by atoms with E-state index in [0.717, 1.165) is 16.5 Å². The van der Waals surface area contributed by atoms with Crippen molar-refractivity contribution in [2.24, 2.45) is 0 Å². The van der Waals surface area contributed by atoms with Gasteiger partial charge in [-0.25, -0.2) is 4.98 Å². The minimum atomic E-state index is -0.206. The molecule has 0 amide bonds. The van der Waals surface area contributed by atoms with E-state index in [1.54, 1.807) is 11.3 Å². The van der Waals surface area contributed by atoms with Gasteiger partial charge in [0, 0.05) is 17.5 Å². The van der Waals surface area contributed by atoms with Crippen molar-refractivity contribution in [1.82, 2.24) is 4.98 Å². The Balaban J connectivity index is 2.04. The molecular formula is C16H20N2O2S. The number of benzene rings is 1. The van der Waals surface area contributed by atoms with Crippen molar-refractivity contribution in [3.05, 3.63) is 40.9 Å². The van der Waals surface area contributed by atoms with Crippen LogP contribution in [-0.2, 0) is 16.0 Å². The van der Waals surface area contributed by atoms with Gasteiger partial charge in [-0.2, -0.15) is 0 Å². The number of nitrogens with one attached hydrogen (secondary N) is 1. The van der Waals surface area contributed by atoms with Crippen LogP contribution in [0.5, 0.6) is 0 Å². The lowest BCUT2D eigenvalue weighted by Crippen LogP contribution is -2.02. The third-order valence-corrected chi connectivity index (χ3v) is 4.00. The molecular weight excluding hydrogens is 284 g/mol. The molecule has 0 aliphatic heterocycles. The van der Waals surface area contributed by atoms with E-state index in [0.29, 0.717) is 18.8 Å². The molecule has 1 heterocycles. The fourth-order valence-corrected chi connectivity index (χ4v) is 2.80. The van der Waals surface area contributed by atoms with E-state index in [1.165, 1.54) is 12.7 Å². The maximum absolute atomic E-state index is 11.1. The van der Waals surface area contributed by atoms with Crippen LogP contribution in [0.2, 0.25) is 0 Å². The van der Waals surface area contributed by atoms with E-state index in [9.17, 15) is 4.79 Å². The summed E-state index contributed by atoms with van der Waals surface area (Å²) in [6.45, 7) is 4.34. The Morgan fingerprint density at radius 3 is 2.86 bits per heavy atom. The van der Waals surface area contributed by atoms with Crippen LogP contribution < -0.4 is 5.32 Å². The zero-order valence-corrected chi connectivity index (χ0v) is 13.4.